The van der Waals surface area contributed by atoms with Gasteiger partial charge >= 0.3 is 12.3 Å². The molecule has 0 atom stereocenters. The molecule has 3 rings (SSSR count). The molecule has 0 spiro atoms. The van der Waals surface area contributed by atoms with E-state index in [0.717, 1.165) is 6.07 Å². The Bertz CT molecular complexity index is 947. The van der Waals surface area contributed by atoms with Gasteiger partial charge in [-0.2, -0.15) is 0 Å². The summed E-state index contributed by atoms with van der Waals surface area (Å²) in [7, 11) is 0. The van der Waals surface area contributed by atoms with Crippen LogP contribution >= 0.6 is 0 Å². The Balaban J connectivity index is 1.55. The van der Waals surface area contributed by atoms with E-state index in [2.05, 4.69) is 20.1 Å². The second-order valence-electron chi connectivity index (χ2n) is 5.72. The Hall–Kier alpha value is -3.69. The molecule has 2 amide bonds. The molecule has 0 unspecified atom stereocenters. The van der Waals surface area contributed by atoms with Crippen LogP contribution in [0.5, 0.6) is 11.5 Å². The second kappa shape index (κ2) is 7.51. The van der Waals surface area contributed by atoms with E-state index >= 15 is 0 Å². The smallest absolute Gasteiger partial charge is 0.452 e. The molecule has 146 valence electrons. The zero-order valence-corrected chi connectivity index (χ0v) is 14.5. The first-order valence-electron chi connectivity index (χ1n) is 7.96. The van der Waals surface area contributed by atoms with Crippen LogP contribution in [0.25, 0.3) is 0 Å². The molecule has 0 saturated carbocycles. The third-order valence-corrected chi connectivity index (χ3v) is 3.44. The first-order valence-corrected chi connectivity index (χ1v) is 7.96. The molecule has 2 aromatic carbocycles. The lowest BCUT2D eigenvalue weighted by molar-refractivity contribution is -0.286. The van der Waals surface area contributed by atoms with Crippen LogP contribution in [0.2, 0.25) is 0 Å². The van der Waals surface area contributed by atoms with Gasteiger partial charge in [-0.15, -0.1) is 8.78 Å². The number of alkyl halides is 2. The van der Waals surface area contributed by atoms with Crippen molar-refractivity contribution in [2.45, 2.75) is 13.2 Å². The number of ether oxygens (including phenoxy) is 3. The van der Waals surface area contributed by atoms with E-state index in [9.17, 15) is 23.2 Å². The molecule has 1 aliphatic heterocycles. The predicted octanol–water partition coefficient (Wildman–Crippen LogP) is 2.76. The van der Waals surface area contributed by atoms with Gasteiger partial charge in [0.2, 0.25) is 5.91 Å². The molecule has 1 aliphatic rings. The molecule has 0 radical (unpaired) electrons. The number of rotatable bonds is 5. The zero-order valence-electron chi connectivity index (χ0n) is 14.5. The van der Waals surface area contributed by atoms with E-state index in [-0.39, 0.29) is 28.7 Å². The molecular weight excluding hydrogens is 378 g/mol. The summed E-state index contributed by atoms with van der Waals surface area (Å²) < 4.78 is 39.4. The second-order valence-corrected chi connectivity index (χ2v) is 5.72. The predicted molar refractivity (Wildman–Crippen MR) is 92.3 cm³/mol. The van der Waals surface area contributed by atoms with Crippen LogP contribution < -0.4 is 20.1 Å². The van der Waals surface area contributed by atoms with Crippen molar-refractivity contribution in [1.82, 2.24) is 0 Å². The van der Waals surface area contributed by atoms with Crippen LogP contribution in [0.3, 0.4) is 0 Å². The first kappa shape index (κ1) is 19.1. The monoisotopic (exact) mass is 392 g/mol. The fourth-order valence-electron chi connectivity index (χ4n) is 2.37. The molecule has 0 aromatic heterocycles. The van der Waals surface area contributed by atoms with Crippen LogP contribution in [0.1, 0.15) is 17.3 Å². The zero-order chi connectivity index (χ0) is 20.3. The number of hydrogen-bond donors (Lipinski definition) is 2. The first-order chi connectivity index (χ1) is 13.2. The van der Waals surface area contributed by atoms with Gasteiger partial charge in [0, 0.05) is 24.4 Å². The van der Waals surface area contributed by atoms with E-state index < -0.39 is 24.8 Å². The number of benzene rings is 2. The van der Waals surface area contributed by atoms with Crippen molar-refractivity contribution in [1.29, 1.82) is 0 Å². The van der Waals surface area contributed by atoms with Gasteiger partial charge in [-0.3, -0.25) is 9.59 Å². The van der Waals surface area contributed by atoms with E-state index in [1.54, 1.807) is 12.1 Å². The summed E-state index contributed by atoms with van der Waals surface area (Å²) in [5.74, 6) is -2.14. The minimum Gasteiger partial charge on any atom is -0.452 e. The number of esters is 1. The highest BCUT2D eigenvalue weighted by atomic mass is 19.3. The maximum atomic E-state index is 13.0. The van der Waals surface area contributed by atoms with Gasteiger partial charge in [0.1, 0.15) is 0 Å². The molecule has 0 fully saturated rings. The Morgan fingerprint density at radius 3 is 2.46 bits per heavy atom. The molecular formula is C18H14F2N2O6. The SMILES string of the molecule is CC(=O)Nc1cccc(C(=O)OCC(=O)Nc2ccc3c(c2)OC(F)(F)O3)c1. The van der Waals surface area contributed by atoms with Crippen LogP contribution in [0, 0.1) is 0 Å². The van der Waals surface area contributed by atoms with E-state index in [1.807, 2.05) is 0 Å². The average Bonchev–Trinajstić information content (AvgIpc) is 2.92. The number of hydrogen-bond acceptors (Lipinski definition) is 6. The highest BCUT2D eigenvalue weighted by Crippen LogP contribution is 2.42. The van der Waals surface area contributed by atoms with Crippen LogP contribution in [-0.4, -0.2) is 30.7 Å². The van der Waals surface area contributed by atoms with Crippen molar-refractivity contribution in [3.8, 4) is 11.5 Å². The van der Waals surface area contributed by atoms with Crippen molar-refractivity contribution in [2.24, 2.45) is 0 Å². The number of nitrogens with one attached hydrogen (secondary N) is 2. The van der Waals surface area contributed by atoms with Gasteiger partial charge in [0.15, 0.2) is 18.1 Å². The summed E-state index contributed by atoms with van der Waals surface area (Å²) in [6.45, 7) is 0.723. The van der Waals surface area contributed by atoms with E-state index in [0.29, 0.717) is 5.69 Å². The normalized spacial score (nSPS) is 13.5. The van der Waals surface area contributed by atoms with Gasteiger partial charge in [0.25, 0.3) is 5.91 Å². The number of halogens is 2. The molecule has 2 aromatic rings. The number of anilines is 2. The maximum absolute atomic E-state index is 13.0. The Kier molecular flexibility index (Phi) is 5.12. The lowest BCUT2D eigenvalue weighted by atomic mass is 10.2. The molecule has 8 nitrogen and oxygen atoms in total. The summed E-state index contributed by atoms with van der Waals surface area (Å²) in [6, 6.07) is 9.71. The lowest BCUT2D eigenvalue weighted by Gasteiger charge is -2.08. The quantitative estimate of drug-likeness (QED) is 0.759. The van der Waals surface area contributed by atoms with Crippen molar-refractivity contribution < 1.29 is 37.4 Å². The highest BCUT2D eigenvalue weighted by molar-refractivity contribution is 5.97. The maximum Gasteiger partial charge on any atom is 0.586 e. The van der Waals surface area contributed by atoms with Crippen molar-refractivity contribution in [2.75, 3.05) is 17.2 Å². The number of amides is 2. The third-order valence-electron chi connectivity index (χ3n) is 3.44. The van der Waals surface area contributed by atoms with E-state index in [1.165, 1.54) is 31.2 Å². The number of carbonyl (C=O) groups is 3. The fraction of sp³-hybridized carbons (Fsp3) is 0.167. The summed E-state index contributed by atoms with van der Waals surface area (Å²) in [6.07, 6.45) is -3.76. The van der Waals surface area contributed by atoms with Crippen LogP contribution in [0.4, 0.5) is 20.2 Å². The fourth-order valence-corrected chi connectivity index (χ4v) is 2.37. The molecule has 2 N–H and O–H groups in total. The van der Waals surface area contributed by atoms with Crippen LogP contribution in [0.15, 0.2) is 42.5 Å². The average molecular weight is 392 g/mol. The minimum atomic E-state index is -3.76. The van der Waals surface area contributed by atoms with Gasteiger partial charge in [0.05, 0.1) is 5.56 Å². The van der Waals surface area contributed by atoms with E-state index in [4.69, 9.17) is 4.74 Å². The largest absolute Gasteiger partial charge is 0.586 e. The van der Waals surface area contributed by atoms with Gasteiger partial charge < -0.3 is 24.8 Å². The Labute approximate surface area is 157 Å². The van der Waals surface area contributed by atoms with Crippen molar-refractivity contribution >= 4 is 29.2 Å². The molecule has 10 heteroatoms. The summed E-state index contributed by atoms with van der Waals surface area (Å²) in [5.41, 5.74) is 0.710. The highest BCUT2D eigenvalue weighted by Gasteiger charge is 2.43. The van der Waals surface area contributed by atoms with Gasteiger partial charge in [-0.25, -0.2) is 4.79 Å². The molecule has 0 saturated heterocycles. The lowest BCUT2D eigenvalue weighted by Crippen LogP contribution is -2.25. The summed E-state index contributed by atoms with van der Waals surface area (Å²) >= 11 is 0. The number of fused-ring (bicyclic) bond motifs is 1. The summed E-state index contributed by atoms with van der Waals surface area (Å²) in [5, 5.41) is 4.91. The minimum absolute atomic E-state index is 0.143. The summed E-state index contributed by atoms with van der Waals surface area (Å²) in [4.78, 5) is 35.0. The standard InChI is InChI=1S/C18H14F2N2O6/c1-10(23)21-12-4-2-3-11(7-12)17(25)26-9-16(24)22-13-5-6-14-15(8-13)28-18(19,20)27-14/h2-8H,9H2,1H3,(H,21,23)(H,22,24). The van der Waals surface area contributed by atoms with Crippen molar-refractivity contribution in [3.05, 3.63) is 48.0 Å². The molecule has 0 aliphatic carbocycles. The molecule has 28 heavy (non-hydrogen) atoms. The molecule has 1 heterocycles. The molecule has 0 bridgehead atoms. The van der Waals surface area contributed by atoms with Crippen LogP contribution in [-0.2, 0) is 14.3 Å². The van der Waals surface area contributed by atoms with Crippen molar-refractivity contribution in [3.63, 3.8) is 0 Å². The Morgan fingerprint density at radius 2 is 1.71 bits per heavy atom. The van der Waals surface area contributed by atoms with Gasteiger partial charge in [-0.05, 0) is 30.3 Å². The third kappa shape index (κ3) is 4.72. The topological polar surface area (TPSA) is 103 Å². The Morgan fingerprint density at radius 1 is 1.00 bits per heavy atom. The number of carbonyl (C=O) groups excluding carboxylic acids is 3. The van der Waals surface area contributed by atoms with Gasteiger partial charge in [-0.1, -0.05) is 6.07 Å².